The Kier molecular flexibility index (Phi) is 2.88. The Hall–Kier alpha value is -0.280. The van der Waals surface area contributed by atoms with Crippen LogP contribution >= 0.6 is 11.6 Å². The lowest BCUT2D eigenvalue weighted by Gasteiger charge is -2.35. The molecular formula is C9H17ClN2O. The first kappa shape index (κ1) is 10.8. The van der Waals surface area contributed by atoms with E-state index in [0.29, 0.717) is 6.42 Å². The molecule has 1 fully saturated rings. The molecule has 1 aliphatic rings. The number of hydrogen-bond donors (Lipinski definition) is 1. The highest BCUT2D eigenvalue weighted by molar-refractivity contribution is 6.21. The van der Waals surface area contributed by atoms with Crippen molar-refractivity contribution in [1.29, 1.82) is 0 Å². The van der Waals surface area contributed by atoms with E-state index >= 15 is 0 Å². The van der Waals surface area contributed by atoms with E-state index in [1.807, 2.05) is 0 Å². The number of nitrogens with zero attached hydrogens (tertiary/aromatic N) is 1. The van der Waals surface area contributed by atoms with Crippen LogP contribution in [0.1, 0.15) is 27.2 Å². The summed E-state index contributed by atoms with van der Waals surface area (Å²) in [6.45, 7) is 6.95. The molecule has 76 valence electrons. The van der Waals surface area contributed by atoms with Gasteiger partial charge in [0.15, 0.2) is 0 Å². The number of nitrogens with two attached hydrogens (primary N) is 1. The van der Waals surface area contributed by atoms with Crippen molar-refractivity contribution in [2.24, 2.45) is 5.73 Å². The van der Waals surface area contributed by atoms with E-state index in [-0.39, 0.29) is 22.9 Å². The van der Waals surface area contributed by atoms with Gasteiger partial charge in [-0.05, 0) is 27.2 Å². The highest BCUT2D eigenvalue weighted by Gasteiger charge is 2.40. The van der Waals surface area contributed by atoms with Crippen LogP contribution in [-0.4, -0.2) is 34.3 Å². The Morgan fingerprint density at radius 2 is 2.08 bits per heavy atom. The molecule has 0 spiro atoms. The molecule has 3 nitrogen and oxygen atoms in total. The molecule has 0 saturated carbocycles. The second kappa shape index (κ2) is 3.46. The van der Waals surface area contributed by atoms with Crippen molar-refractivity contribution in [3.8, 4) is 0 Å². The average molecular weight is 205 g/mol. The molecule has 13 heavy (non-hydrogen) atoms. The number of likely N-dealkylation sites (tertiary alicyclic amines) is 1. The van der Waals surface area contributed by atoms with Gasteiger partial charge in [-0.1, -0.05) is 0 Å². The Bertz CT molecular complexity index is 212. The fourth-order valence-electron chi connectivity index (χ4n) is 1.80. The van der Waals surface area contributed by atoms with Crippen molar-refractivity contribution in [2.45, 2.75) is 44.1 Å². The summed E-state index contributed by atoms with van der Waals surface area (Å²) in [6, 6.07) is -0.192. The van der Waals surface area contributed by atoms with Gasteiger partial charge in [0.05, 0.1) is 6.04 Å². The molecule has 1 aliphatic heterocycles. The maximum atomic E-state index is 11.1. The van der Waals surface area contributed by atoms with E-state index in [4.69, 9.17) is 17.3 Å². The van der Waals surface area contributed by atoms with E-state index in [1.165, 1.54) is 0 Å². The molecule has 2 N–H and O–H groups in total. The van der Waals surface area contributed by atoms with E-state index in [1.54, 1.807) is 0 Å². The minimum Gasteiger partial charge on any atom is -0.368 e. The van der Waals surface area contributed by atoms with Crippen LogP contribution in [-0.2, 0) is 4.79 Å². The first-order valence-corrected chi connectivity index (χ1v) is 4.96. The molecule has 0 aliphatic carbocycles. The fraction of sp³-hybridized carbons (Fsp3) is 0.889. The normalized spacial score (nSPS) is 30.8. The maximum absolute atomic E-state index is 11.1. The van der Waals surface area contributed by atoms with Gasteiger partial charge in [0.2, 0.25) is 5.91 Å². The molecule has 1 saturated heterocycles. The molecule has 4 heteroatoms. The van der Waals surface area contributed by atoms with Gasteiger partial charge in [0, 0.05) is 17.5 Å². The van der Waals surface area contributed by atoms with Crippen molar-refractivity contribution < 1.29 is 4.79 Å². The minimum absolute atomic E-state index is 0.0384. The van der Waals surface area contributed by atoms with Crippen LogP contribution in [0.5, 0.6) is 0 Å². The predicted molar refractivity (Wildman–Crippen MR) is 53.7 cm³/mol. The van der Waals surface area contributed by atoms with E-state index in [9.17, 15) is 4.79 Å². The van der Waals surface area contributed by atoms with Gasteiger partial charge >= 0.3 is 0 Å². The Morgan fingerprint density at radius 3 is 2.38 bits per heavy atom. The van der Waals surface area contributed by atoms with Crippen molar-refractivity contribution in [3.05, 3.63) is 0 Å². The summed E-state index contributed by atoms with van der Waals surface area (Å²) in [5.41, 5.74) is 5.27. The largest absolute Gasteiger partial charge is 0.368 e. The van der Waals surface area contributed by atoms with Gasteiger partial charge in [-0.2, -0.15) is 0 Å². The van der Waals surface area contributed by atoms with Gasteiger partial charge < -0.3 is 5.73 Å². The molecule has 0 aromatic heterocycles. The first-order valence-electron chi connectivity index (χ1n) is 4.52. The third-order valence-corrected chi connectivity index (χ3v) is 2.76. The number of amides is 1. The third-order valence-electron chi connectivity index (χ3n) is 2.44. The molecule has 0 radical (unpaired) electrons. The molecule has 0 aromatic rings. The summed E-state index contributed by atoms with van der Waals surface area (Å²) in [4.78, 5) is 13.2. The van der Waals surface area contributed by atoms with E-state index in [0.717, 1.165) is 6.54 Å². The van der Waals surface area contributed by atoms with Gasteiger partial charge in [-0.15, -0.1) is 11.6 Å². The highest BCUT2D eigenvalue weighted by atomic mass is 35.5. The summed E-state index contributed by atoms with van der Waals surface area (Å²) < 4.78 is 0. The number of halogens is 1. The van der Waals surface area contributed by atoms with Crippen molar-refractivity contribution in [1.82, 2.24) is 4.90 Å². The molecule has 1 heterocycles. The van der Waals surface area contributed by atoms with Crippen molar-refractivity contribution >= 4 is 17.5 Å². The van der Waals surface area contributed by atoms with Gasteiger partial charge in [0.1, 0.15) is 0 Å². The highest BCUT2D eigenvalue weighted by Crippen LogP contribution is 2.28. The van der Waals surface area contributed by atoms with Gasteiger partial charge in [0.25, 0.3) is 0 Å². The average Bonchev–Trinajstić information content (AvgIpc) is 2.29. The summed E-state index contributed by atoms with van der Waals surface area (Å²) in [5, 5.41) is 0.0525. The number of carbonyl (C=O) groups is 1. The standard InChI is InChI=1S/C9H17ClN2O/c1-9(2,3)12-5-6(10)4-7(12)8(11)13/h6-7H,4-5H2,1-3H3,(H2,11,13)/t6?,7-/m0/s1. The number of rotatable bonds is 1. The monoisotopic (exact) mass is 204 g/mol. The first-order chi connectivity index (χ1) is 5.82. The second-order valence-corrected chi connectivity index (χ2v) is 5.19. The Morgan fingerprint density at radius 1 is 1.54 bits per heavy atom. The van der Waals surface area contributed by atoms with Crippen LogP contribution in [0.4, 0.5) is 0 Å². The van der Waals surface area contributed by atoms with E-state index in [2.05, 4.69) is 25.7 Å². The Labute approximate surface area is 84.2 Å². The molecule has 1 amide bonds. The quantitative estimate of drug-likeness (QED) is 0.647. The van der Waals surface area contributed by atoms with Gasteiger partial charge in [-0.25, -0.2) is 0 Å². The van der Waals surface area contributed by atoms with Crippen molar-refractivity contribution in [2.75, 3.05) is 6.54 Å². The number of carbonyl (C=O) groups excluding carboxylic acids is 1. The van der Waals surface area contributed by atoms with Crippen LogP contribution in [0, 0.1) is 0 Å². The lowest BCUT2D eigenvalue weighted by atomic mass is 10.0. The minimum atomic E-state index is -0.266. The topological polar surface area (TPSA) is 46.3 Å². The predicted octanol–water partition coefficient (Wildman–Crippen LogP) is 0.952. The number of alkyl halides is 1. The van der Waals surface area contributed by atoms with Gasteiger partial charge in [-0.3, -0.25) is 9.69 Å². The maximum Gasteiger partial charge on any atom is 0.234 e. The van der Waals surface area contributed by atoms with Crippen molar-refractivity contribution in [3.63, 3.8) is 0 Å². The van der Waals surface area contributed by atoms with Crippen LogP contribution in [0.15, 0.2) is 0 Å². The van der Waals surface area contributed by atoms with Crippen LogP contribution in [0.3, 0.4) is 0 Å². The number of hydrogen-bond acceptors (Lipinski definition) is 2. The summed E-state index contributed by atoms with van der Waals surface area (Å²) in [5.74, 6) is -0.266. The summed E-state index contributed by atoms with van der Waals surface area (Å²) in [6.07, 6.45) is 0.675. The lowest BCUT2D eigenvalue weighted by Crippen LogP contribution is -2.49. The zero-order chi connectivity index (χ0) is 10.2. The van der Waals surface area contributed by atoms with Crippen LogP contribution in [0.25, 0.3) is 0 Å². The molecule has 1 rings (SSSR count). The molecule has 2 atom stereocenters. The van der Waals surface area contributed by atoms with E-state index < -0.39 is 0 Å². The molecular weight excluding hydrogens is 188 g/mol. The molecule has 0 bridgehead atoms. The smallest absolute Gasteiger partial charge is 0.234 e. The zero-order valence-electron chi connectivity index (χ0n) is 8.38. The number of primary amides is 1. The lowest BCUT2D eigenvalue weighted by molar-refractivity contribution is -0.123. The van der Waals surface area contributed by atoms with Crippen LogP contribution in [0.2, 0.25) is 0 Å². The van der Waals surface area contributed by atoms with Crippen LogP contribution < -0.4 is 5.73 Å². The Balaban J connectivity index is 2.78. The molecule has 0 aromatic carbocycles. The molecule has 1 unspecified atom stereocenters. The summed E-state index contributed by atoms with van der Waals surface area (Å²) >= 11 is 6.00. The fourth-order valence-corrected chi connectivity index (χ4v) is 2.11. The third kappa shape index (κ3) is 2.35. The second-order valence-electron chi connectivity index (χ2n) is 4.57. The SMILES string of the molecule is CC(C)(C)N1CC(Cl)C[C@H]1C(N)=O. The summed E-state index contributed by atoms with van der Waals surface area (Å²) in [7, 11) is 0. The zero-order valence-corrected chi connectivity index (χ0v) is 9.14.